The van der Waals surface area contributed by atoms with Crippen molar-refractivity contribution >= 4 is 77.6 Å². The van der Waals surface area contributed by atoms with Gasteiger partial charge in [-0.15, -0.1) is 0 Å². The molecule has 51 heavy (non-hydrogen) atoms. The number of fused-ring (bicyclic) bond motifs is 13. The maximum absolute atomic E-state index is 6.18. The van der Waals surface area contributed by atoms with Gasteiger partial charge in [-0.3, -0.25) is 17.9 Å². The molecule has 0 atom stereocenters. The van der Waals surface area contributed by atoms with E-state index in [0.29, 0.717) is 0 Å². The SMILES string of the molecule is c1ccc(-n2c3ccc(-c4ccc5c(c4)n4c6ccccc6nc4n5-c4ccc5oc6ccccc6c5c4)cc3n3c4ccccc4nc23)cc1. The average molecular weight is 655 g/mol. The first-order valence-corrected chi connectivity index (χ1v) is 17.1. The zero-order valence-corrected chi connectivity index (χ0v) is 27.1. The van der Waals surface area contributed by atoms with Gasteiger partial charge in [-0.05, 0) is 96.1 Å². The fraction of sp³-hybridized carbons (Fsp3) is 0. The molecule has 12 rings (SSSR count). The minimum atomic E-state index is 0.873. The number of hydrogen-bond acceptors (Lipinski definition) is 3. The summed E-state index contributed by atoms with van der Waals surface area (Å²) in [6.45, 7) is 0. The molecular weight excluding hydrogens is 629 g/mol. The van der Waals surface area contributed by atoms with Crippen LogP contribution in [0.4, 0.5) is 0 Å². The predicted molar refractivity (Wildman–Crippen MR) is 205 cm³/mol. The summed E-state index contributed by atoms with van der Waals surface area (Å²) in [6.07, 6.45) is 0. The summed E-state index contributed by atoms with van der Waals surface area (Å²) >= 11 is 0. The standard InChI is InChI=1S/C44H26N6O/c1-2-10-29(11-3-1)47-37-21-18-27(24-39(37)49-35-15-7-5-13-33(35)45-43(47)49)28-19-22-38-40(25-28)50-36-16-8-6-14-34(36)46-44(50)48(38)30-20-23-42-32(26-30)31-12-4-9-17-41(31)51-42/h1-26H. The Morgan fingerprint density at radius 2 is 0.922 bits per heavy atom. The van der Waals surface area contributed by atoms with E-state index >= 15 is 0 Å². The Hall–Kier alpha value is -7.12. The molecule has 7 nitrogen and oxygen atoms in total. The molecule has 0 aliphatic rings. The Labute approximate surface area is 289 Å². The molecule has 0 N–H and O–H groups in total. The van der Waals surface area contributed by atoms with Gasteiger partial charge in [0.05, 0.1) is 49.8 Å². The molecule has 238 valence electrons. The van der Waals surface area contributed by atoms with Crippen LogP contribution in [-0.2, 0) is 0 Å². The lowest BCUT2D eigenvalue weighted by atomic mass is 10.0. The first kappa shape index (κ1) is 26.8. The van der Waals surface area contributed by atoms with Crippen LogP contribution >= 0.6 is 0 Å². The first-order valence-electron chi connectivity index (χ1n) is 17.1. The highest BCUT2D eigenvalue weighted by atomic mass is 16.3. The number of furan rings is 1. The van der Waals surface area contributed by atoms with Crippen LogP contribution in [0.15, 0.2) is 162 Å². The van der Waals surface area contributed by atoms with Crippen molar-refractivity contribution in [2.24, 2.45) is 0 Å². The van der Waals surface area contributed by atoms with Gasteiger partial charge in [0.1, 0.15) is 11.2 Å². The number of hydrogen-bond donors (Lipinski definition) is 0. The molecule has 5 aromatic heterocycles. The Morgan fingerprint density at radius 1 is 0.373 bits per heavy atom. The highest BCUT2D eigenvalue weighted by Crippen LogP contribution is 2.37. The van der Waals surface area contributed by atoms with Crippen LogP contribution < -0.4 is 0 Å². The fourth-order valence-electron chi connectivity index (χ4n) is 8.10. The van der Waals surface area contributed by atoms with Crippen LogP contribution in [0.2, 0.25) is 0 Å². The smallest absolute Gasteiger partial charge is 0.220 e. The molecule has 0 aliphatic carbocycles. The van der Waals surface area contributed by atoms with Crippen molar-refractivity contribution in [1.82, 2.24) is 27.9 Å². The summed E-state index contributed by atoms with van der Waals surface area (Å²) in [5.74, 6) is 1.77. The molecule has 0 amide bonds. The summed E-state index contributed by atoms with van der Waals surface area (Å²) in [5.41, 5.74) is 14.6. The molecule has 0 unspecified atom stereocenters. The molecule has 0 saturated heterocycles. The van der Waals surface area contributed by atoms with Crippen molar-refractivity contribution in [2.45, 2.75) is 0 Å². The number of rotatable bonds is 3. The van der Waals surface area contributed by atoms with Gasteiger partial charge in [-0.2, -0.15) is 0 Å². The minimum absolute atomic E-state index is 0.873. The molecule has 0 fully saturated rings. The van der Waals surface area contributed by atoms with E-state index in [2.05, 4.69) is 145 Å². The third-order valence-corrected chi connectivity index (χ3v) is 10.4. The van der Waals surface area contributed by atoms with Crippen molar-refractivity contribution in [3.05, 3.63) is 158 Å². The minimum Gasteiger partial charge on any atom is -0.456 e. The van der Waals surface area contributed by atoms with E-state index < -0.39 is 0 Å². The van der Waals surface area contributed by atoms with Crippen LogP contribution in [0.25, 0.3) is 100 Å². The summed E-state index contributed by atoms with van der Waals surface area (Å²) in [4.78, 5) is 10.3. The molecule has 0 bridgehead atoms. The second-order valence-corrected chi connectivity index (χ2v) is 13.2. The van der Waals surface area contributed by atoms with Crippen molar-refractivity contribution in [2.75, 3.05) is 0 Å². The van der Waals surface area contributed by atoms with Crippen LogP contribution in [0.5, 0.6) is 0 Å². The molecule has 5 heterocycles. The van der Waals surface area contributed by atoms with Gasteiger partial charge in [0, 0.05) is 16.5 Å². The van der Waals surface area contributed by atoms with Crippen LogP contribution in [-0.4, -0.2) is 27.9 Å². The van der Waals surface area contributed by atoms with Crippen molar-refractivity contribution in [3.8, 4) is 22.5 Å². The van der Waals surface area contributed by atoms with Gasteiger partial charge < -0.3 is 4.42 Å². The number of nitrogens with zero attached hydrogens (tertiary/aromatic N) is 6. The molecule has 0 spiro atoms. The monoisotopic (exact) mass is 654 g/mol. The molecule has 12 aromatic rings. The topological polar surface area (TPSA) is 57.6 Å². The third-order valence-electron chi connectivity index (χ3n) is 10.4. The maximum atomic E-state index is 6.18. The van der Waals surface area contributed by atoms with Crippen molar-refractivity contribution in [1.29, 1.82) is 0 Å². The van der Waals surface area contributed by atoms with Gasteiger partial charge in [-0.25, -0.2) is 9.97 Å². The maximum Gasteiger partial charge on any atom is 0.220 e. The number of benzene rings is 7. The van der Waals surface area contributed by atoms with Gasteiger partial charge in [0.2, 0.25) is 11.6 Å². The van der Waals surface area contributed by atoms with Crippen LogP contribution in [0.1, 0.15) is 0 Å². The molecule has 7 aromatic carbocycles. The number of imidazole rings is 4. The van der Waals surface area contributed by atoms with Crippen molar-refractivity contribution in [3.63, 3.8) is 0 Å². The van der Waals surface area contributed by atoms with Gasteiger partial charge in [0.15, 0.2) is 0 Å². The van der Waals surface area contributed by atoms with Gasteiger partial charge in [-0.1, -0.05) is 72.8 Å². The molecule has 0 radical (unpaired) electrons. The first-order chi connectivity index (χ1) is 25.3. The predicted octanol–water partition coefficient (Wildman–Crippen LogP) is 10.7. The second-order valence-electron chi connectivity index (χ2n) is 13.2. The van der Waals surface area contributed by atoms with E-state index in [0.717, 1.165) is 100 Å². The normalized spacial score (nSPS) is 12.3. The Balaban J connectivity index is 1.12. The zero-order valence-electron chi connectivity index (χ0n) is 27.1. The lowest BCUT2D eigenvalue weighted by Crippen LogP contribution is -1.95. The molecule has 0 saturated carbocycles. The molecule has 0 aliphatic heterocycles. The lowest BCUT2D eigenvalue weighted by molar-refractivity contribution is 0.669. The van der Waals surface area contributed by atoms with Crippen molar-refractivity contribution < 1.29 is 4.42 Å². The quantitative estimate of drug-likeness (QED) is 0.190. The fourth-order valence-corrected chi connectivity index (χ4v) is 8.10. The highest BCUT2D eigenvalue weighted by Gasteiger charge is 2.21. The second kappa shape index (κ2) is 9.74. The number of para-hydroxylation sites is 6. The highest BCUT2D eigenvalue weighted by molar-refractivity contribution is 6.06. The van der Waals surface area contributed by atoms with E-state index in [4.69, 9.17) is 14.4 Å². The Kier molecular flexibility index (Phi) is 5.12. The van der Waals surface area contributed by atoms with Crippen LogP contribution in [0.3, 0.4) is 0 Å². The lowest BCUT2D eigenvalue weighted by Gasteiger charge is -2.08. The zero-order chi connectivity index (χ0) is 33.2. The largest absolute Gasteiger partial charge is 0.456 e. The Bertz CT molecular complexity index is 3370. The van der Waals surface area contributed by atoms with E-state index in [1.807, 2.05) is 30.3 Å². The summed E-state index contributed by atoms with van der Waals surface area (Å²) in [7, 11) is 0. The van der Waals surface area contributed by atoms with E-state index in [1.165, 1.54) is 0 Å². The Morgan fingerprint density at radius 3 is 1.59 bits per heavy atom. The van der Waals surface area contributed by atoms with E-state index in [-0.39, 0.29) is 0 Å². The van der Waals surface area contributed by atoms with E-state index in [9.17, 15) is 0 Å². The summed E-state index contributed by atoms with van der Waals surface area (Å²) < 4.78 is 15.3. The van der Waals surface area contributed by atoms with Gasteiger partial charge >= 0.3 is 0 Å². The van der Waals surface area contributed by atoms with Gasteiger partial charge in [0.25, 0.3) is 0 Å². The molecule has 7 heteroatoms. The van der Waals surface area contributed by atoms with Crippen LogP contribution in [0, 0.1) is 0 Å². The van der Waals surface area contributed by atoms with E-state index in [1.54, 1.807) is 0 Å². The summed E-state index contributed by atoms with van der Waals surface area (Å²) in [6, 6.07) is 55.4. The summed E-state index contributed by atoms with van der Waals surface area (Å²) in [5, 5.41) is 2.19. The molecular formula is C44H26N6O. The third kappa shape index (κ3) is 3.61. The number of aromatic nitrogens is 6. The average Bonchev–Trinajstić information content (AvgIpc) is 3.98.